The number of rotatable bonds is 9. The third kappa shape index (κ3) is 10.2. The van der Waals surface area contributed by atoms with Crippen LogP contribution in [0.15, 0.2) is 50.4 Å². The van der Waals surface area contributed by atoms with Crippen molar-refractivity contribution in [3.05, 3.63) is 57.2 Å². The molecule has 0 radical (unpaired) electrons. The van der Waals surface area contributed by atoms with E-state index in [0.29, 0.717) is 40.4 Å². The summed E-state index contributed by atoms with van der Waals surface area (Å²) >= 11 is 3.41. The Bertz CT molecular complexity index is 1150. The van der Waals surface area contributed by atoms with Gasteiger partial charge < -0.3 is 15.5 Å². The summed E-state index contributed by atoms with van der Waals surface area (Å²) in [6.45, 7) is 7.04. The first-order chi connectivity index (χ1) is 19.3. The van der Waals surface area contributed by atoms with E-state index in [0.717, 1.165) is 19.4 Å². The van der Waals surface area contributed by atoms with E-state index in [-0.39, 0.29) is 24.1 Å². The fraction of sp³-hybridized carbons (Fsp3) is 0.556. The number of hydrogen-bond donors (Lipinski definition) is 1. The molecule has 0 bridgehead atoms. The van der Waals surface area contributed by atoms with Gasteiger partial charge in [0.15, 0.2) is 0 Å². The number of nitrogens with two attached hydrogens (primary N) is 1. The third-order valence-corrected chi connectivity index (χ3v) is 6.92. The monoisotopic (exact) mass is 651 g/mol. The van der Waals surface area contributed by atoms with E-state index in [9.17, 15) is 26.3 Å². The van der Waals surface area contributed by atoms with E-state index in [4.69, 9.17) is 5.73 Å². The molecule has 1 aliphatic carbocycles. The van der Waals surface area contributed by atoms with Crippen LogP contribution in [0.5, 0.6) is 0 Å². The molecule has 0 amide bonds. The second kappa shape index (κ2) is 15.4. The lowest BCUT2D eigenvalue weighted by Crippen LogP contribution is -2.37. The van der Waals surface area contributed by atoms with Crippen LogP contribution in [0.4, 0.5) is 32.2 Å². The molecule has 228 valence electrons. The molecule has 7 nitrogen and oxygen atoms in total. The fourth-order valence-electron chi connectivity index (χ4n) is 4.65. The molecule has 2 N–H and O–H groups in total. The van der Waals surface area contributed by atoms with Crippen LogP contribution in [0.1, 0.15) is 68.7 Å². The summed E-state index contributed by atoms with van der Waals surface area (Å²) in [7, 11) is 1.35. The number of guanidine groups is 1. The number of anilines is 1. The van der Waals surface area contributed by atoms with Crippen LogP contribution < -0.4 is 10.6 Å². The molecule has 1 saturated carbocycles. The Balaban J connectivity index is 0.00000287. The third-order valence-electron chi connectivity index (χ3n) is 6.49. The predicted molar refractivity (Wildman–Crippen MR) is 151 cm³/mol. The molecular weight excluding hydrogens is 616 g/mol. The zero-order valence-corrected chi connectivity index (χ0v) is 25.1. The van der Waals surface area contributed by atoms with Crippen molar-refractivity contribution in [2.75, 3.05) is 25.0 Å². The van der Waals surface area contributed by atoms with Crippen molar-refractivity contribution in [2.24, 2.45) is 27.1 Å². The molecule has 0 atom stereocenters. The molecular formula is C27H36BrF6N7. The molecule has 1 aromatic heterocycles. The Morgan fingerprint density at radius 3 is 2.10 bits per heavy atom. The van der Waals surface area contributed by atoms with Gasteiger partial charge in [0.1, 0.15) is 5.82 Å². The highest BCUT2D eigenvalue weighted by Crippen LogP contribution is 2.37. The maximum atomic E-state index is 13.5. The molecule has 0 spiro atoms. The van der Waals surface area contributed by atoms with Crippen LogP contribution in [0.25, 0.3) is 0 Å². The summed E-state index contributed by atoms with van der Waals surface area (Å²) in [5.74, 6) is 0.945. The summed E-state index contributed by atoms with van der Waals surface area (Å²) < 4.78 is 81.4. The van der Waals surface area contributed by atoms with Gasteiger partial charge in [0, 0.05) is 42.4 Å². The first-order valence-electron chi connectivity index (χ1n) is 13.4. The molecule has 3 rings (SSSR count). The van der Waals surface area contributed by atoms with Gasteiger partial charge in [-0.05, 0) is 76.7 Å². The summed E-state index contributed by atoms with van der Waals surface area (Å²) in [6.07, 6.45) is -3.72. The first kappa shape index (κ1) is 34.3. The van der Waals surface area contributed by atoms with Crippen molar-refractivity contribution in [3.8, 4) is 0 Å². The minimum Gasteiger partial charge on any atom is -0.368 e. The lowest BCUT2D eigenvalue weighted by Gasteiger charge is -2.30. The van der Waals surface area contributed by atoms with E-state index in [1.54, 1.807) is 12.3 Å². The Kier molecular flexibility index (Phi) is 12.9. The maximum Gasteiger partial charge on any atom is 0.416 e. The lowest BCUT2D eigenvalue weighted by molar-refractivity contribution is -0.143. The quantitative estimate of drug-likeness (QED) is 0.0973. The van der Waals surface area contributed by atoms with Crippen molar-refractivity contribution >= 4 is 27.7 Å². The van der Waals surface area contributed by atoms with Gasteiger partial charge in [-0.3, -0.25) is 0 Å². The Morgan fingerprint density at radius 2 is 1.59 bits per heavy atom. The zero-order valence-electron chi connectivity index (χ0n) is 23.5. The van der Waals surface area contributed by atoms with Gasteiger partial charge in [0.2, 0.25) is 5.96 Å². The smallest absolute Gasteiger partial charge is 0.368 e. The standard InChI is InChI=1S/C25H30BrF6N7.C2H6/c1-3-38(13-16-6-4-5-7-16)22-18(10-21(26)12-35-22)15-39(23(33)36-37-34-2)14-17-8-19(24(27,28)29)11-20(9-17)25(30,31)32;1-2/h8-12,16H,3-7,13-15H2,1-2H3,(H2,33,34,36);1-2H3. The van der Waals surface area contributed by atoms with Crippen molar-refractivity contribution in [1.82, 2.24) is 9.88 Å². The number of benzene rings is 1. The van der Waals surface area contributed by atoms with E-state index in [1.807, 2.05) is 20.8 Å². The predicted octanol–water partition coefficient (Wildman–Crippen LogP) is 8.24. The second-order valence-electron chi connectivity index (χ2n) is 9.34. The van der Waals surface area contributed by atoms with Crippen LogP contribution in [-0.4, -0.2) is 36.0 Å². The van der Waals surface area contributed by atoms with Gasteiger partial charge in [0.05, 0.1) is 18.2 Å². The normalized spacial score (nSPS) is 14.8. The average Bonchev–Trinajstić information content (AvgIpc) is 3.43. The molecule has 1 aromatic carbocycles. The summed E-state index contributed by atoms with van der Waals surface area (Å²) in [4.78, 5) is 8.07. The van der Waals surface area contributed by atoms with Gasteiger partial charge in [-0.1, -0.05) is 31.8 Å². The number of nitrogens with zero attached hydrogens (tertiary/aromatic N) is 6. The number of alkyl halides is 6. The van der Waals surface area contributed by atoms with E-state index < -0.39 is 30.0 Å². The molecule has 41 heavy (non-hydrogen) atoms. The summed E-state index contributed by atoms with van der Waals surface area (Å²) in [5, 5.41) is 10.8. The number of aromatic nitrogens is 1. The van der Waals surface area contributed by atoms with Gasteiger partial charge in [0.25, 0.3) is 0 Å². The molecule has 1 fully saturated rings. The van der Waals surface area contributed by atoms with E-state index in [1.165, 1.54) is 24.8 Å². The minimum atomic E-state index is -4.97. The highest BCUT2D eigenvalue weighted by Gasteiger charge is 2.37. The van der Waals surface area contributed by atoms with Crippen LogP contribution in [0, 0.1) is 5.92 Å². The molecule has 1 heterocycles. The number of hydrogen-bond acceptors (Lipinski definition) is 4. The Morgan fingerprint density at radius 1 is 1.00 bits per heavy atom. The molecule has 0 saturated heterocycles. The van der Waals surface area contributed by atoms with Gasteiger partial charge in [-0.15, -0.1) is 0 Å². The van der Waals surface area contributed by atoms with Crippen LogP contribution in [0.3, 0.4) is 0 Å². The maximum absolute atomic E-state index is 13.5. The molecule has 0 aliphatic heterocycles. The van der Waals surface area contributed by atoms with E-state index in [2.05, 4.69) is 41.3 Å². The van der Waals surface area contributed by atoms with Crippen molar-refractivity contribution in [2.45, 2.75) is 71.9 Å². The molecule has 2 aromatic rings. The van der Waals surface area contributed by atoms with Gasteiger partial charge in [-0.25, -0.2) is 4.98 Å². The highest BCUT2D eigenvalue weighted by atomic mass is 79.9. The van der Waals surface area contributed by atoms with E-state index >= 15 is 0 Å². The first-order valence-corrected chi connectivity index (χ1v) is 14.2. The van der Waals surface area contributed by atoms with Crippen LogP contribution in [0.2, 0.25) is 0 Å². The minimum absolute atomic E-state index is 0.00486. The van der Waals surface area contributed by atoms with Crippen LogP contribution >= 0.6 is 15.9 Å². The number of halogens is 7. The Hall–Kier alpha value is -2.90. The molecule has 0 unspecified atom stereocenters. The summed E-state index contributed by atoms with van der Waals surface area (Å²) in [6, 6.07) is 3.24. The number of pyridine rings is 1. The van der Waals surface area contributed by atoms with Crippen molar-refractivity contribution in [1.29, 1.82) is 0 Å². The lowest BCUT2D eigenvalue weighted by atomic mass is 10.0. The van der Waals surface area contributed by atoms with Gasteiger partial charge in [-0.2, -0.15) is 31.5 Å². The Labute approximate surface area is 245 Å². The van der Waals surface area contributed by atoms with Crippen molar-refractivity contribution in [3.63, 3.8) is 0 Å². The topological polar surface area (TPSA) is 82.5 Å². The highest BCUT2D eigenvalue weighted by molar-refractivity contribution is 9.10. The van der Waals surface area contributed by atoms with Gasteiger partial charge >= 0.3 is 12.4 Å². The SMILES string of the molecule is CC.CCN(CC1CCCC1)c1ncc(Br)cc1CN(Cc1cc(C(F)(F)F)cc(C(F)(F)F)c1)/C(N)=N/N=NC. The fourth-order valence-corrected chi connectivity index (χ4v) is 5.03. The average molecular weight is 653 g/mol. The summed E-state index contributed by atoms with van der Waals surface area (Å²) in [5.41, 5.74) is 3.71. The second-order valence-corrected chi connectivity index (χ2v) is 10.3. The van der Waals surface area contributed by atoms with Crippen molar-refractivity contribution < 1.29 is 26.3 Å². The molecule has 1 aliphatic rings. The van der Waals surface area contributed by atoms with Crippen LogP contribution in [-0.2, 0) is 25.4 Å². The largest absolute Gasteiger partial charge is 0.416 e. The zero-order chi connectivity index (χ0) is 30.8. The molecule has 14 heteroatoms.